The van der Waals surface area contributed by atoms with E-state index < -0.39 is 0 Å². The van der Waals surface area contributed by atoms with E-state index in [0.717, 1.165) is 66.4 Å². The van der Waals surface area contributed by atoms with Crippen molar-refractivity contribution in [2.45, 2.75) is 0 Å². The van der Waals surface area contributed by atoms with Gasteiger partial charge in [0.15, 0.2) is 0 Å². The zero-order valence-corrected chi connectivity index (χ0v) is 29.1. The Balaban J connectivity index is 1.10. The van der Waals surface area contributed by atoms with Crippen LogP contribution in [0.3, 0.4) is 0 Å². The molecule has 2 heteroatoms. The van der Waals surface area contributed by atoms with Crippen molar-refractivity contribution in [2.75, 3.05) is 0 Å². The maximum atomic E-state index is 7.18. The maximum absolute atomic E-state index is 7.18. The summed E-state index contributed by atoms with van der Waals surface area (Å²) in [5.74, 6) is 3.21. The van der Waals surface area contributed by atoms with Crippen LogP contribution in [-0.2, 0) is 0 Å². The van der Waals surface area contributed by atoms with Crippen LogP contribution in [0.4, 0.5) is 0 Å². The smallest absolute Gasteiger partial charge is 0.136 e. The van der Waals surface area contributed by atoms with Crippen molar-refractivity contribution >= 4 is 86.2 Å². The summed E-state index contributed by atoms with van der Waals surface area (Å²) >= 11 is 0. The minimum absolute atomic E-state index is 0.778. The van der Waals surface area contributed by atoms with E-state index in [1.807, 2.05) is 0 Å². The van der Waals surface area contributed by atoms with E-state index in [1.54, 1.807) is 0 Å². The fraction of sp³-hybridized carbons (Fsp3) is 0. The molecular formula is C52H30O2. The molecule has 0 atom stereocenters. The molecule has 0 fully saturated rings. The summed E-state index contributed by atoms with van der Waals surface area (Å²) in [5, 5.41) is 19.0. The summed E-state index contributed by atoms with van der Waals surface area (Å²) in [6.07, 6.45) is 0. The van der Waals surface area contributed by atoms with Crippen molar-refractivity contribution in [1.82, 2.24) is 0 Å². The van der Waals surface area contributed by atoms with Gasteiger partial charge in [0.25, 0.3) is 0 Å². The third kappa shape index (κ3) is 4.22. The first kappa shape index (κ1) is 29.4. The first-order chi connectivity index (χ1) is 26.8. The molecule has 0 N–H and O–H groups in total. The fourth-order valence-corrected chi connectivity index (χ4v) is 9.02. The normalized spacial score (nSPS) is 12.1. The molecular weight excluding hydrogens is 657 g/mol. The van der Waals surface area contributed by atoms with Crippen molar-refractivity contribution < 1.29 is 9.47 Å². The Labute approximate surface area is 310 Å². The number of hydrogen-bond donors (Lipinski definition) is 0. The molecule has 250 valence electrons. The van der Waals surface area contributed by atoms with Crippen molar-refractivity contribution in [2.24, 2.45) is 0 Å². The number of hydrogen-bond acceptors (Lipinski definition) is 2. The van der Waals surface area contributed by atoms with Crippen molar-refractivity contribution in [1.29, 1.82) is 0 Å². The Morgan fingerprint density at radius 3 is 0.963 bits per heavy atom. The highest BCUT2D eigenvalue weighted by Gasteiger charge is 2.22. The van der Waals surface area contributed by atoms with Crippen LogP contribution in [0.15, 0.2) is 182 Å². The molecule has 12 rings (SSSR count). The van der Waals surface area contributed by atoms with E-state index in [1.165, 1.54) is 53.9 Å². The van der Waals surface area contributed by atoms with E-state index in [0.29, 0.717) is 0 Å². The number of fused-ring (bicyclic) bond motifs is 2. The average Bonchev–Trinajstić information content (AvgIpc) is 3.23. The molecule has 0 unspecified atom stereocenters. The zero-order valence-electron chi connectivity index (χ0n) is 29.1. The summed E-state index contributed by atoms with van der Waals surface area (Å²) < 4.78 is 14.4. The molecule has 12 aromatic carbocycles. The quantitative estimate of drug-likeness (QED) is 0.168. The molecule has 0 amide bonds. The van der Waals surface area contributed by atoms with Crippen LogP contribution in [-0.4, -0.2) is 0 Å². The zero-order chi connectivity index (χ0) is 35.3. The number of rotatable bonds is 5. The van der Waals surface area contributed by atoms with Crippen molar-refractivity contribution in [3.05, 3.63) is 182 Å². The molecule has 0 aliphatic carbocycles. The van der Waals surface area contributed by atoms with Gasteiger partial charge in [-0.25, -0.2) is 0 Å². The second-order valence-corrected chi connectivity index (χ2v) is 14.4. The summed E-state index contributed by atoms with van der Waals surface area (Å²) in [6, 6.07) is 65.1. The monoisotopic (exact) mass is 686 g/mol. The molecule has 0 bridgehead atoms. The molecule has 0 aliphatic heterocycles. The molecule has 0 aliphatic rings. The van der Waals surface area contributed by atoms with Gasteiger partial charge < -0.3 is 9.47 Å². The summed E-state index contributed by atoms with van der Waals surface area (Å²) in [5.41, 5.74) is 2.01. The lowest BCUT2D eigenvalue weighted by Gasteiger charge is -2.21. The van der Waals surface area contributed by atoms with E-state index >= 15 is 0 Å². The predicted octanol–water partition coefficient (Wildman–Crippen LogP) is 15.0. The second kappa shape index (κ2) is 11.2. The SMILES string of the molecule is c1ccc2c(-c3c(Oc4ccc5ccc6cccc7ccc4c5c67)ccc4ccccc34)c(Oc3ccc4ccc5cccc6ccc3c4c56)ccc2c1. The van der Waals surface area contributed by atoms with Crippen LogP contribution in [0.25, 0.3) is 97.3 Å². The van der Waals surface area contributed by atoms with E-state index in [-0.39, 0.29) is 0 Å². The van der Waals surface area contributed by atoms with Crippen LogP contribution in [0.1, 0.15) is 0 Å². The number of benzene rings is 12. The highest BCUT2D eigenvalue weighted by Crippen LogP contribution is 2.50. The van der Waals surface area contributed by atoms with Gasteiger partial charge in [-0.15, -0.1) is 0 Å². The van der Waals surface area contributed by atoms with E-state index in [4.69, 9.17) is 9.47 Å². The highest BCUT2D eigenvalue weighted by molar-refractivity contribution is 6.25. The number of ether oxygens (including phenoxy) is 2. The Morgan fingerprint density at radius 2 is 0.519 bits per heavy atom. The summed E-state index contributed by atoms with van der Waals surface area (Å²) in [7, 11) is 0. The first-order valence-electron chi connectivity index (χ1n) is 18.5. The van der Waals surface area contributed by atoms with Crippen LogP contribution in [0.2, 0.25) is 0 Å². The van der Waals surface area contributed by atoms with Gasteiger partial charge in [-0.1, -0.05) is 146 Å². The van der Waals surface area contributed by atoms with Crippen LogP contribution >= 0.6 is 0 Å². The molecule has 0 spiro atoms. The lowest BCUT2D eigenvalue weighted by atomic mass is 9.91. The lowest BCUT2D eigenvalue weighted by molar-refractivity contribution is 0.484. The first-order valence-corrected chi connectivity index (χ1v) is 18.5. The van der Waals surface area contributed by atoms with Gasteiger partial charge >= 0.3 is 0 Å². The van der Waals surface area contributed by atoms with Gasteiger partial charge in [0.1, 0.15) is 23.0 Å². The van der Waals surface area contributed by atoms with Crippen LogP contribution in [0.5, 0.6) is 23.0 Å². The fourth-order valence-electron chi connectivity index (χ4n) is 9.02. The molecule has 2 nitrogen and oxygen atoms in total. The standard InChI is InChI=1S/C52H30O2/c1-3-13-39-31(7-1)21-29-45(53-43-27-23-37-17-15-33-9-5-11-35-19-25-41(43)49(37)47(33)35)51(39)52-40-14-4-2-8-32(40)22-30-46(52)54-44-28-24-38-18-16-34-10-6-12-36-20-26-42(44)50(38)48(34)36/h1-30H. The summed E-state index contributed by atoms with van der Waals surface area (Å²) in [6.45, 7) is 0. The van der Waals surface area contributed by atoms with Gasteiger partial charge in [-0.3, -0.25) is 0 Å². The van der Waals surface area contributed by atoms with Gasteiger partial charge in [-0.2, -0.15) is 0 Å². The van der Waals surface area contributed by atoms with Gasteiger partial charge in [-0.05, 0) is 101 Å². The van der Waals surface area contributed by atoms with E-state index in [2.05, 4.69) is 182 Å². The van der Waals surface area contributed by atoms with Gasteiger partial charge in [0, 0.05) is 32.7 Å². The minimum Gasteiger partial charge on any atom is -0.456 e. The van der Waals surface area contributed by atoms with E-state index in [9.17, 15) is 0 Å². The predicted molar refractivity (Wildman–Crippen MR) is 227 cm³/mol. The molecule has 54 heavy (non-hydrogen) atoms. The largest absolute Gasteiger partial charge is 0.456 e. The molecule has 0 heterocycles. The molecule has 0 aromatic heterocycles. The Bertz CT molecular complexity index is 3190. The highest BCUT2D eigenvalue weighted by atomic mass is 16.5. The van der Waals surface area contributed by atoms with Gasteiger partial charge in [0.2, 0.25) is 0 Å². The average molecular weight is 687 g/mol. The molecule has 0 radical (unpaired) electrons. The minimum atomic E-state index is 0.778. The third-order valence-corrected chi connectivity index (χ3v) is 11.4. The van der Waals surface area contributed by atoms with Gasteiger partial charge in [0.05, 0.1) is 0 Å². The Hall–Kier alpha value is -7.16. The molecule has 0 saturated heterocycles. The Morgan fingerprint density at radius 1 is 0.204 bits per heavy atom. The third-order valence-electron chi connectivity index (χ3n) is 11.4. The molecule has 12 aromatic rings. The second-order valence-electron chi connectivity index (χ2n) is 14.4. The van der Waals surface area contributed by atoms with Crippen molar-refractivity contribution in [3.8, 4) is 34.1 Å². The van der Waals surface area contributed by atoms with Crippen LogP contribution < -0.4 is 9.47 Å². The van der Waals surface area contributed by atoms with Crippen LogP contribution in [0, 0.1) is 0 Å². The summed E-state index contributed by atoms with van der Waals surface area (Å²) in [4.78, 5) is 0. The maximum Gasteiger partial charge on any atom is 0.136 e. The Kier molecular flexibility index (Phi) is 6.09. The molecule has 0 saturated carbocycles. The van der Waals surface area contributed by atoms with Crippen molar-refractivity contribution in [3.63, 3.8) is 0 Å². The topological polar surface area (TPSA) is 18.5 Å². The lowest BCUT2D eigenvalue weighted by Crippen LogP contribution is -1.96.